The molecule has 1 saturated heterocycles. The van der Waals surface area contributed by atoms with Crippen LogP contribution in [0.3, 0.4) is 0 Å². The van der Waals surface area contributed by atoms with Gasteiger partial charge in [-0.25, -0.2) is 4.79 Å². The highest BCUT2D eigenvalue weighted by atomic mass is 127. The van der Waals surface area contributed by atoms with Gasteiger partial charge >= 0.3 is 5.97 Å². The van der Waals surface area contributed by atoms with E-state index in [1.54, 1.807) is 6.92 Å². The maximum Gasteiger partial charge on any atom is 0.342 e. The zero-order chi connectivity index (χ0) is 15.5. The number of hydrogen-bond acceptors (Lipinski definition) is 4. The number of piperidine rings is 1. The van der Waals surface area contributed by atoms with E-state index in [4.69, 9.17) is 4.74 Å². The smallest absolute Gasteiger partial charge is 0.342 e. The molecular weight excluding hydrogens is 381 g/mol. The summed E-state index contributed by atoms with van der Waals surface area (Å²) >= 11 is 2.27. The van der Waals surface area contributed by atoms with Crippen LogP contribution in [-0.4, -0.2) is 30.8 Å². The van der Waals surface area contributed by atoms with E-state index in [1.807, 2.05) is 18.2 Å². The van der Waals surface area contributed by atoms with Crippen molar-refractivity contribution in [1.29, 1.82) is 0 Å². The van der Waals surface area contributed by atoms with Crippen molar-refractivity contribution in [2.24, 2.45) is 0 Å². The Kier molecular flexibility index (Phi) is 5.48. The molecule has 0 saturated carbocycles. The van der Waals surface area contributed by atoms with E-state index >= 15 is 0 Å². The van der Waals surface area contributed by atoms with Crippen LogP contribution in [-0.2, 0) is 15.1 Å². The Labute approximate surface area is 139 Å². The highest BCUT2D eigenvalue weighted by Crippen LogP contribution is 2.31. The van der Waals surface area contributed by atoms with Crippen LogP contribution in [0.15, 0.2) is 18.2 Å². The fourth-order valence-corrected chi connectivity index (χ4v) is 3.45. The monoisotopic (exact) mass is 403 g/mol. The van der Waals surface area contributed by atoms with Crippen LogP contribution in [0, 0.1) is 3.57 Å². The van der Waals surface area contributed by atoms with Gasteiger partial charge in [-0.15, -0.1) is 0 Å². The van der Waals surface area contributed by atoms with E-state index in [2.05, 4.69) is 27.5 Å². The Morgan fingerprint density at radius 1 is 1.38 bits per heavy atom. The van der Waals surface area contributed by atoms with Gasteiger partial charge in [0.25, 0.3) is 0 Å². The first-order valence-electron chi connectivity index (χ1n) is 7.41. The van der Waals surface area contributed by atoms with E-state index in [1.165, 1.54) is 31.9 Å². The molecule has 1 unspecified atom stereocenters. The molecule has 1 aliphatic heterocycles. The highest BCUT2D eigenvalue weighted by molar-refractivity contribution is 14.1. The molecule has 1 heterocycles. The van der Waals surface area contributed by atoms with Gasteiger partial charge in [-0.3, -0.25) is 0 Å². The Balaban J connectivity index is 2.23. The third kappa shape index (κ3) is 3.69. The first-order valence-corrected chi connectivity index (χ1v) is 8.49. The lowest BCUT2D eigenvalue weighted by atomic mass is 9.95. The number of anilines is 1. The van der Waals surface area contributed by atoms with Gasteiger partial charge < -0.3 is 14.7 Å². The minimum Gasteiger partial charge on any atom is -0.464 e. The minimum atomic E-state index is -1.60. The summed E-state index contributed by atoms with van der Waals surface area (Å²) in [5, 5.41) is 10.4. The van der Waals surface area contributed by atoms with Gasteiger partial charge in [0.1, 0.15) is 0 Å². The minimum absolute atomic E-state index is 0.262. The molecule has 1 aromatic rings. The van der Waals surface area contributed by atoms with Gasteiger partial charge in [-0.05, 0) is 73.4 Å². The number of ether oxygens (including phenoxy) is 1. The summed E-state index contributed by atoms with van der Waals surface area (Å²) < 4.78 is 6.00. The molecule has 0 spiro atoms. The summed E-state index contributed by atoms with van der Waals surface area (Å²) in [6.45, 7) is 5.62. The molecular formula is C16H22INO3. The first-order chi connectivity index (χ1) is 9.96. The van der Waals surface area contributed by atoms with E-state index in [-0.39, 0.29) is 6.61 Å². The molecule has 1 aromatic carbocycles. The summed E-state index contributed by atoms with van der Waals surface area (Å²) in [5.74, 6) is -0.605. The van der Waals surface area contributed by atoms with Crippen molar-refractivity contribution >= 4 is 34.2 Å². The average molecular weight is 403 g/mol. The second-order valence-corrected chi connectivity index (χ2v) is 6.67. The molecule has 0 aromatic heterocycles. The SMILES string of the molecule is CCOC(=O)C(C)(O)c1ccc(N2CCCCC2)c(I)c1. The third-order valence-corrected chi connectivity index (χ3v) is 4.74. The van der Waals surface area contributed by atoms with Crippen LogP contribution < -0.4 is 4.90 Å². The Morgan fingerprint density at radius 3 is 2.62 bits per heavy atom. The normalized spacial score (nSPS) is 18.2. The number of carbonyl (C=O) groups is 1. The van der Waals surface area contributed by atoms with Crippen LogP contribution in [0.25, 0.3) is 0 Å². The lowest BCUT2D eigenvalue weighted by Gasteiger charge is -2.30. The first kappa shape index (κ1) is 16.5. The molecule has 1 fully saturated rings. The molecule has 1 atom stereocenters. The fraction of sp³-hybridized carbons (Fsp3) is 0.562. The molecule has 0 bridgehead atoms. The van der Waals surface area contributed by atoms with Gasteiger partial charge in [0.15, 0.2) is 5.60 Å². The Bertz CT molecular complexity index is 510. The number of benzene rings is 1. The van der Waals surface area contributed by atoms with Crippen molar-refractivity contribution in [2.75, 3.05) is 24.6 Å². The molecule has 4 nitrogen and oxygen atoms in total. The lowest BCUT2D eigenvalue weighted by molar-refractivity contribution is -0.164. The van der Waals surface area contributed by atoms with Gasteiger partial charge in [-0.2, -0.15) is 0 Å². The number of nitrogens with zero attached hydrogens (tertiary/aromatic N) is 1. The molecule has 0 aliphatic carbocycles. The summed E-state index contributed by atoms with van der Waals surface area (Å²) in [6.07, 6.45) is 3.74. The number of aliphatic hydroxyl groups is 1. The highest BCUT2D eigenvalue weighted by Gasteiger charge is 2.34. The number of hydrogen-bond donors (Lipinski definition) is 1. The van der Waals surface area contributed by atoms with Crippen LogP contribution in [0.5, 0.6) is 0 Å². The predicted octanol–water partition coefficient (Wildman–Crippen LogP) is 3.05. The molecule has 5 heteroatoms. The zero-order valence-corrected chi connectivity index (χ0v) is 14.7. The Hall–Kier alpha value is -0.820. The van der Waals surface area contributed by atoms with Crippen molar-refractivity contribution < 1.29 is 14.6 Å². The third-order valence-electron chi connectivity index (χ3n) is 3.88. The topological polar surface area (TPSA) is 49.8 Å². The fourth-order valence-electron chi connectivity index (χ4n) is 2.59. The van der Waals surface area contributed by atoms with Crippen LogP contribution in [0.4, 0.5) is 5.69 Å². The maximum absolute atomic E-state index is 11.9. The zero-order valence-electron chi connectivity index (χ0n) is 12.6. The number of carbonyl (C=O) groups excluding carboxylic acids is 1. The molecule has 116 valence electrons. The molecule has 0 amide bonds. The van der Waals surface area contributed by atoms with Crippen molar-refractivity contribution in [3.05, 3.63) is 27.3 Å². The second-order valence-electron chi connectivity index (χ2n) is 5.51. The quantitative estimate of drug-likeness (QED) is 0.620. The molecule has 1 aliphatic rings. The standard InChI is InChI=1S/C16H22INO3/c1-3-21-15(19)16(2,20)12-7-8-14(13(17)11-12)18-9-5-4-6-10-18/h7-8,11,20H,3-6,9-10H2,1-2H3. The lowest BCUT2D eigenvalue weighted by Crippen LogP contribution is -2.34. The number of rotatable bonds is 4. The molecule has 1 N–H and O–H groups in total. The van der Waals surface area contributed by atoms with Crippen LogP contribution in [0.2, 0.25) is 0 Å². The average Bonchev–Trinajstić information content (AvgIpc) is 2.48. The van der Waals surface area contributed by atoms with Gasteiger partial charge in [0, 0.05) is 16.7 Å². The molecule has 21 heavy (non-hydrogen) atoms. The summed E-state index contributed by atoms with van der Waals surface area (Å²) in [4.78, 5) is 14.2. The van der Waals surface area contributed by atoms with Crippen molar-refractivity contribution in [2.45, 2.75) is 38.7 Å². The van der Waals surface area contributed by atoms with Crippen molar-refractivity contribution in [1.82, 2.24) is 0 Å². The van der Waals surface area contributed by atoms with Crippen molar-refractivity contribution in [3.8, 4) is 0 Å². The van der Waals surface area contributed by atoms with Crippen LogP contribution >= 0.6 is 22.6 Å². The van der Waals surface area contributed by atoms with Crippen molar-refractivity contribution in [3.63, 3.8) is 0 Å². The van der Waals surface area contributed by atoms with Gasteiger partial charge in [-0.1, -0.05) is 6.07 Å². The summed E-state index contributed by atoms with van der Waals surface area (Å²) in [6, 6.07) is 5.70. The van der Waals surface area contributed by atoms with E-state index < -0.39 is 11.6 Å². The summed E-state index contributed by atoms with van der Waals surface area (Å²) in [7, 11) is 0. The van der Waals surface area contributed by atoms with Crippen LogP contribution in [0.1, 0.15) is 38.7 Å². The van der Waals surface area contributed by atoms with E-state index in [9.17, 15) is 9.90 Å². The Morgan fingerprint density at radius 2 is 2.05 bits per heavy atom. The summed E-state index contributed by atoms with van der Waals surface area (Å²) in [5.41, 5.74) is 0.154. The number of halogens is 1. The van der Waals surface area contributed by atoms with Gasteiger partial charge in [0.05, 0.1) is 12.3 Å². The molecule has 2 rings (SSSR count). The number of esters is 1. The maximum atomic E-state index is 11.9. The van der Waals surface area contributed by atoms with E-state index in [0.29, 0.717) is 5.56 Å². The predicted molar refractivity (Wildman–Crippen MR) is 91.4 cm³/mol. The molecule has 0 radical (unpaired) electrons. The van der Waals surface area contributed by atoms with Gasteiger partial charge in [0.2, 0.25) is 0 Å². The largest absolute Gasteiger partial charge is 0.464 e. The second kappa shape index (κ2) is 6.96. The van der Waals surface area contributed by atoms with E-state index in [0.717, 1.165) is 16.7 Å².